The van der Waals surface area contributed by atoms with Crippen molar-refractivity contribution in [3.05, 3.63) is 35.4 Å². The number of halogens is 2. The zero-order valence-corrected chi connectivity index (χ0v) is 12.4. The summed E-state index contributed by atoms with van der Waals surface area (Å²) >= 11 is 0. The van der Waals surface area contributed by atoms with Crippen molar-refractivity contribution in [2.24, 2.45) is 5.41 Å². The maximum absolute atomic E-state index is 13.9. The van der Waals surface area contributed by atoms with Crippen LogP contribution >= 0.6 is 0 Å². The van der Waals surface area contributed by atoms with E-state index >= 15 is 0 Å². The molecule has 1 aliphatic rings. The molecule has 0 spiro atoms. The van der Waals surface area contributed by atoms with Crippen LogP contribution in [0.25, 0.3) is 0 Å². The van der Waals surface area contributed by atoms with Crippen molar-refractivity contribution in [2.45, 2.75) is 51.9 Å². The average molecular weight is 281 g/mol. The van der Waals surface area contributed by atoms with E-state index in [1.807, 2.05) is 0 Å². The average Bonchev–Trinajstić information content (AvgIpc) is 2.44. The zero-order chi connectivity index (χ0) is 14.4. The SMILES string of the molecule is CCCNCC1(Cc2cc(F)ccc2F)CCCCC1. The number of hydrogen-bond acceptors (Lipinski definition) is 1. The van der Waals surface area contributed by atoms with Crippen LogP contribution in [0.15, 0.2) is 18.2 Å². The van der Waals surface area contributed by atoms with E-state index in [1.165, 1.54) is 37.5 Å². The third kappa shape index (κ3) is 4.02. The predicted octanol–water partition coefficient (Wildman–Crippen LogP) is 4.46. The highest BCUT2D eigenvalue weighted by atomic mass is 19.1. The highest BCUT2D eigenvalue weighted by Crippen LogP contribution is 2.39. The standard InChI is InChI=1S/C17H25F2N/c1-2-10-20-13-17(8-4-3-5-9-17)12-14-11-15(18)6-7-16(14)19/h6-7,11,20H,2-5,8-10,12-13H2,1H3. The lowest BCUT2D eigenvalue weighted by atomic mass is 9.70. The van der Waals surface area contributed by atoms with Gasteiger partial charge in [-0.15, -0.1) is 0 Å². The number of hydrogen-bond donors (Lipinski definition) is 1. The third-order valence-corrected chi connectivity index (χ3v) is 4.41. The summed E-state index contributed by atoms with van der Waals surface area (Å²) in [5.41, 5.74) is 0.632. The highest BCUT2D eigenvalue weighted by molar-refractivity contribution is 5.20. The fourth-order valence-corrected chi connectivity index (χ4v) is 3.33. The van der Waals surface area contributed by atoms with Crippen LogP contribution in [0.4, 0.5) is 8.78 Å². The minimum Gasteiger partial charge on any atom is -0.316 e. The normalized spacial score (nSPS) is 18.1. The van der Waals surface area contributed by atoms with Crippen molar-refractivity contribution in [2.75, 3.05) is 13.1 Å². The highest BCUT2D eigenvalue weighted by Gasteiger charge is 2.32. The molecule has 1 fully saturated rings. The molecule has 0 bridgehead atoms. The topological polar surface area (TPSA) is 12.0 Å². The van der Waals surface area contributed by atoms with Gasteiger partial charge in [-0.3, -0.25) is 0 Å². The van der Waals surface area contributed by atoms with E-state index < -0.39 is 0 Å². The summed E-state index contributed by atoms with van der Waals surface area (Å²) < 4.78 is 27.2. The van der Waals surface area contributed by atoms with Crippen LogP contribution in [0.3, 0.4) is 0 Å². The van der Waals surface area contributed by atoms with Crippen molar-refractivity contribution in [1.29, 1.82) is 0 Å². The van der Waals surface area contributed by atoms with Crippen molar-refractivity contribution in [1.82, 2.24) is 5.32 Å². The van der Waals surface area contributed by atoms with Crippen LogP contribution in [0.2, 0.25) is 0 Å². The van der Waals surface area contributed by atoms with Crippen LogP contribution in [0.1, 0.15) is 51.0 Å². The minimum absolute atomic E-state index is 0.0993. The molecule has 1 aromatic carbocycles. The molecule has 0 saturated heterocycles. The Morgan fingerprint density at radius 3 is 2.60 bits per heavy atom. The van der Waals surface area contributed by atoms with Gasteiger partial charge in [0.05, 0.1) is 0 Å². The molecule has 0 unspecified atom stereocenters. The molecule has 0 amide bonds. The number of rotatable bonds is 6. The molecule has 1 aliphatic carbocycles. The Labute approximate surface area is 120 Å². The molecular weight excluding hydrogens is 256 g/mol. The first-order valence-electron chi connectivity index (χ1n) is 7.80. The molecule has 3 heteroatoms. The second kappa shape index (κ2) is 7.16. The number of benzene rings is 1. The molecule has 0 radical (unpaired) electrons. The van der Waals surface area contributed by atoms with E-state index in [4.69, 9.17) is 0 Å². The Bertz CT molecular complexity index is 425. The Kier molecular flexibility index (Phi) is 5.53. The lowest BCUT2D eigenvalue weighted by Crippen LogP contribution is -2.38. The van der Waals surface area contributed by atoms with Crippen LogP contribution in [-0.4, -0.2) is 13.1 Å². The Balaban J connectivity index is 2.12. The van der Waals surface area contributed by atoms with Gasteiger partial charge in [-0.05, 0) is 61.4 Å². The van der Waals surface area contributed by atoms with Crippen molar-refractivity contribution in [3.8, 4) is 0 Å². The van der Waals surface area contributed by atoms with E-state index in [-0.39, 0.29) is 17.0 Å². The Morgan fingerprint density at radius 1 is 1.15 bits per heavy atom. The summed E-state index contributed by atoms with van der Waals surface area (Å²) in [6, 6.07) is 3.81. The first kappa shape index (κ1) is 15.4. The van der Waals surface area contributed by atoms with Gasteiger partial charge in [-0.1, -0.05) is 26.2 Å². The fraction of sp³-hybridized carbons (Fsp3) is 0.647. The molecule has 1 aromatic rings. The molecule has 20 heavy (non-hydrogen) atoms. The zero-order valence-electron chi connectivity index (χ0n) is 12.4. The molecule has 1 saturated carbocycles. The smallest absolute Gasteiger partial charge is 0.126 e. The first-order valence-corrected chi connectivity index (χ1v) is 7.80. The van der Waals surface area contributed by atoms with E-state index in [0.29, 0.717) is 12.0 Å². The molecule has 112 valence electrons. The molecule has 1 N–H and O–H groups in total. The van der Waals surface area contributed by atoms with E-state index in [2.05, 4.69) is 12.2 Å². The molecule has 0 aromatic heterocycles. The van der Waals surface area contributed by atoms with Crippen LogP contribution in [0.5, 0.6) is 0 Å². The molecule has 0 atom stereocenters. The van der Waals surface area contributed by atoms with Gasteiger partial charge in [0.15, 0.2) is 0 Å². The van der Waals surface area contributed by atoms with E-state index in [1.54, 1.807) is 0 Å². The minimum atomic E-state index is -0.339. The number of nitrogens with one attached hydrogen (secondary N) is 1. The van der Waals surface area contributed by atoms with Crippen molar-refractivity contribution < 1.29 is 8.78 Å². The Morgan fingerprint density at radius 2 is 1.90 bits per heavy atom. The van der Waals surface area contributed by atoms with Gasteiger partial charge in [0.25, 0.3) is 0 Å². The maximum atomic E-state index is 13.9. The molecule has 0 aliphatic heterocycles. The van der Waals surface area contributed by atoms with Gasteiger partial charge in [0.1, 0.15) is 11.6 Å². The molecule has 1 nitrogen and oxygen atoms in total. The predicted molar refractivity (Wildman–Crippen MR) is 78.7 cm³/mol. The first-order chi connectivity index (χ1) is 9.65. The van der Waals surface area contributed by atoms with E-state index in [0.717, 1.165) is 32.4 Å². The largest absolute Gasteiger partial charge is 0.316 e. The van der Waals surface area contributed by atoms with Gasteiger partial charge in [-0.25, -0.2) is 8.78 Å². The lowest BCUT2D eigenvalue weighted by molar-refractivity contribution is 0.179. The summed E-state index contributed by atoms with van der Waals surface area (Å²) in [5.74, 6) is -0.610. The second-order valence-electron chi connectivity index (χ2n) is 6.15. The Hall–Kier alpha value is -0.960. The van der Waals surface area contributed by atoms with E-state index in [9.17, 15) is 8.78 Å². The summed E-state index contributed by atoms with van der Waals surface area (Å²) in [5, 5.41) is 3.48. The summed E-state index contributed by atoms with van der Waals surface area (Å²) in [7, 11) is 0. The fourth-order valence-electron chi connectivity index (χ4n) is 3.33. The summed E-state index contributed by atoms with van der Waals surface area (Å²) in [4.78, 5) is 0. The van der Waals surface area contributed by atoms with Crippen molar-refractivity contribution in [3.63, 3.8) is 0 Å². The molecular formula is C17H25F2N. The van der Waals surface area contributed by atoms with Gasteiger partial charge >= 0.3 is 0 Å². The summed E-state index contributed by atoms with van der Waals surface area (Å²) in [6.45, 7) is 4.05. The third-order valence-electron chi connectivity index (χ3n) is 4.41. The lowest BCUT2D eigenvalue weighted by Gasteiger charge is -2.38. The van der Waals surface area contributed by atoms with Crippen LogP contribution < -0.4 is 5.32 Å². The molecule has 0 heterocycles. The van der Waals surface area contributed by atoms with Crippen LogP contribution in [0, 0.1) is 17.0 Å². The maximum Gasteiger partial charge on any atom is 0.126 e. The second-order valence-corrected chi connectivity index (χ2v) is 6.15. The van der Waals surface area contributed by atoms with Gasteiger partial charge in [0.2, 0.25) is 0 Å². The molecule has 2 rings (SSSR count). The van der Waals surface area contributed by atoms with Gasteiger partial charge in [-0.2, -0.15) is 0 Å². The van der Waals surface area contributed by atoms with Gasteiger partial charge < -0.3 is 5.32 Å². The summed E-state index contributed by atoms with van der Waals surface area (Å²) in [6.07, 6.45) is 7.63. The monoisotopic (exact) mass is 281 g/mol. The quantitative estimate of drug-likeness (QED) is 0.759. The van der Waals surface area contributed by atoms with Gasteiger partial charge in [0, 0.05) is 6.54 Å². The van der Waals surface area contributed by atoms with Crippen molar-refractivity contribution >= 4 is 0 Å². The van der Waals surface area contributed by atoms with Crippen LogP contribution in [-0.2, 0) is 6.42 Å².